The highest BCUT2D eigenvalue weighted by Gasteiger charge is 2.44. The topological polar surface area (TPSA) is 171 Å². The summed E-state index contributed by atoms with van der Waals surface area (Å²) in [4.78, 5) is 73.3. The minimum absolute atomic E-state index is 0.110. The van der Waals surface area contributed by atoms with E-state index in [2.05, 4.69) is 20.7 Å². The maximum atomic E-state index is 12.6. The van der Waals surface area contributed by atoms with Gasteiger partial charge in [0.25, 0.3) is 0 Å². The van der Waals surface area contributed by atoms with E-state index in [4.69, 9.17) is 5.11 Å². The Kier molecular flexibility index (Phi) is 11.4. The SMILES string of the molecule is CC(C)C(NC(=O)CCCCCN1C(=O)CC(C)(C)C1=O)C(=O)NCC(=O)Nc1ccc(COC(=O)O)cc1. The number of imide groups is 1. The summed E-state index contributed by atoms with van der Waals surface area (Å²) in [6.45, 7) is 7.01. The van der Waals surface area contributed by atoms with Gasteiger partial charge >= 0.3 is 6.16 Å². The second-order valence-electron chi connectivity index (χ2n) is 10.5. The molecule has 2 rings (SSSR count). The normalized spacial score (nSPS) is 15.2. The first kappa shape index (κ1) is 31.3. The Hall–Kier alpha value is -3.96. The summed E-state index contributed by atoms with van der Waals surface area (Å²) < 4.78 is 4.48. The maximum Gasteiger partial charge on any atom is 0.506 e. The summed E-state index contributed by atoms with van der Waals surface area (Å²) in [5.41, 5.74) is 0.417. The van der Waals surface area contributed by atoms with Crippen molar-refractivity contribution in [3.8, 4) is 0 Å². The molecule has 1 unspecified atom stereocenters. The molecule has 214 valence electrons. The lowest BCUT2D eigenvalue weighted by atomic mass is 9.92. The number of nitrogens with zero attached hydrogens (tertiary/aromatic N) is 1. The van der Waals surface area contributed by atoms with Crippen molar-refractivity contribution in [3.05, 3.63) is 29.8 Å². The number of likely N-dealkylation sites (tertiary alicyclic amines) is 1. The fraction of sp³-hybridized carbons (Fsp3) is 0.556. The van der Waals surface area contributed by atoms with Crippen LogP contribution >= 0.6 is 0 Å². The van der Waals surface area contributed by atoms with Crippen molar-refractivity contribution in [3.63, 3.8) is 0 Å². The van der Waals surface area contributed by atoms with Crippen LogP contribution < -0.4 is 16.0 Å². The van der Waals surface area contributed by atoms with Gasteiger partial charge in [0, 0.05) is 25.1 Å². The quantitative estimate of drug-likeness (QED) is 0.156. The number of ether oxygens (including phenoxy) is 1. The first-order valence-electron chi connectivity index (χ1n) is 13.0. The highest BCUT2D eigenvalue weighted by Crippen LogP contribution is 2.31. The van der Waals surface area contributed by atoms with Crippen molar-refractivity contribution in [2.75, 3.05) is 18.4 Å². The molecule has 39 heavy (non-hydrogen) atoms. The number of carboxylic acid groups (broad SMARTS) is 1. The maximum absolute atomic E-state index is 12.6. The first-order chi connectivity index (χ1) is 18.3. The van der Waals surface area contributed by atoms with Gasteiger partial charge in [-0.05, 0) is 36.5 Å². The molecule has 0 aromatic heterocycles. The van der Waals surface area contributed by atoms with E-state index in [9.17, 15) is 28.8 Å². The molecular formula is C27H38N4O8. The van der Waals surface area contributed by atoms with E-state index in [1.807, 2.05) is 0 Å². The Bertz CT molecular complexity index is 1070. The van der Waals surface area contributed by atoms with Crippen molar-refractivity contribution in [2.24, 2.45) is 11.3 Å². The number of hydrogen-bond donors (Lipinski definition) is 4. The molecule has 1 fully saturated rings. The minimum atomic E-state index is -1.38. The fourth-order valence-electron chi connectivity index (χ4n) is 4.08. The summed E-state index contributed by atoms with van der Waals surface area (Å²) >= 11 is 0. The molecule has 0 radical (unpaired) electrons. The molecule has 1 saturated heterocycles. The largest absolute Gasteiger partial charge is 0.506 e. The molecule has 1 aromatic rings. The van der Waals surface area contributed by atoms with E-state index < -0.39 is 29.4 Å². The van der Waals surface area contributed by atoms with Gasteiger partial charge in [-0.1, -0.05) is 46.2 Å². The Morgan fingerprint density at radius 3 is 2.26 bits per heavy atom. The predicted octanol–water partition coefficient (Wildman–Crippen LogP) is 2.42. The van der Waals surface area contributed by atoms with Crippen LogP contribution in [0, 0.1) is 11.3 Å². The van der Waals surface area contributed by atoms with Crippen molar-refractivity contribution in [2.45, 2.75) is 72.4 Å². The van der Waals surface area contributed by atoms with Gasteiger partial charge in [-0.3, -0.25) is 28.9 Å². The van der Waals surface area contributed by atoms with Crippen molar-refractivity contribution >= 4 is 41.4 Å². The molecule has 1 aliphatic heterocycles. The third-order valence-corrected chi connectivity index (χ3v) is 6.29. The highest BCUT2D eigenvalue weighted by atomic mass is 16.7. The number of rotatable bonds is 14. The van der Waals surface area contributed by atoms with Gasteiger partial charge in [-0.15, -0.1) is 0 Å². The first-order valence-corrected chi connectivity index (χ1v) is 13.0. The zero-order valence-corrected chi connectivity index (χ0v) is 22.9. The van der Waals surface area contributed by atoms with Gasteiger partial charge in [0.05, 0.1) is 12.0 Å². The van der Waals surface area contributed by atoms with Gasteiger partial charge in [0.2, 0.25) is 29.5 Å². The van der Waals surface area contributed by atoms with Gasteiger partial charge in [-0.2, -0.15) is 0 Å². The Balaban J connectivity index is 1.70. The molecule has 0 aliphatic carbocycles. The van der Waals surface area contributed by atoms with Crippen molar-refractivity contribution in [1.82, 2.24) is 15.5 Å². The summed E-state index contributed by atoms with van der Waals surface area (Å²) in [6, 6.07) is 5.56. The number of carbonyl (C=O) groups is 6. The number of nitrogens with one attached hydrogen (secondary N) is 3. The molecule has 12 nitrogen and oxygen atoms in total. The lowest BCUT2D eigenvalue weighted by molar-refractivity contribution is -0.141. The molecule has 0 bridgehead atoms. The number of benzene rings is 1. The Labute approximate surface area is 227 Å². The van der Waals surface area contributed by atoms with Gasteiger partial charge in [0.1, 0.15) is 12.6 Å². The lowest BCUT2D eigenvalue weighted by Gasteiger charge is -2.21. The molecule has 1 atom stereocenters. The number of anilines is 1. The van der Waals surface area contributed by atoms with Crippen LogP contribution in [0.4, 0.5) is 10.5 Å². The fourth-order valence-corrected chi connectivity index (χ4v) is 4.08. The minimum Gasteiger partial charge on any atom is -0.450 e. The van der Waals surface area contributed by atoms with Crippen LogP contribution in [-0.4, -0.2) is 64.8 Å². The second-order valence-corrected chi connectivity index (χ2v) is 10.5. The van der Waals surface area contributed by atoms with Crippen LogP contribution in [0.5, 0.6) is 0 Å². The number of unbranched alkanes of at least 4 members (excludes halogenated alkanes) is 2. The van der Waals surface area contributed by atoms with E-state index in [0.717, 1.165) is 0 Å². The monoisotopic (exact) mass is 546 g/mol. The van der Waals surface area contributed by atoms with E-state index in [1.165, 1.54) is 4.90 Å². The van der Waals surface area contributed by atoms with E-state index in [1.54, 1.807) is 52.0 Å². The number of amides is 5. The van der Waals surface area contributed by atoms with Crippen LogP contribution in [0.2, 0.25) is 0 Å². The van der Waals surface area contributed by atoms with Gasteiger partial charge < -0.3 is 25.8 Å². The van der Waals surface area contributed by atoms with Crippen LogP contribution in [0.1, 0.15) is 65.4 Å². The number of hydrogen-bond acceptors (Lipinski definition) is 7. The molecule has 1 heterocycles. The molecule has 1 aliphatic rings. The summed E-state index contributed by atoms with van der Waals surface area (Å²) in [6.07, 6.45) is 0.821. The number of carbonyl (C=O) groups excluding carboxylic acids is 5. The second kappa shape index (κ2) is 14.3. The van der Waals surface area contributed by atoms with Crippen LogP contribution in [-0.2, 0) is 35.3 Å². The molecule has 0 spiro atoms. The van der Waals surface area contributed by atoms with Crippen LogP contribution in [0.3, 0.4) is 0 Å². The zero-order valence-electron chi connectivity index (χ0n) is 22.9. The van der Waals surface area contributed by atoms with Gasteiger partial charge in [-0.25, -0.2) is 4.79 Å². The van der Waals surface area contributed by atoms with Crippen molar-refractivity contribution < 1.29 is 38.6 Å². The van der Waals surface area contributed by atoms with Gasteiger partial charge in [0.15, 0.2) is 0 Å². The third-order valence-electron chi connectivity index (χ3n) is 6.29. The smallest absolute Gasteiger partial charge is 0.450 e. The van der Waals surface area contributed by atoms with Crippen LogP contribution in [0.15, 0.2) is 24.3 Å². The highest BCUT2D eigenvalue weighted by molar-refractivity contribution is 6.05. The molecule has 0 saturated carbocycles. The Morgan fingerprint density at radius 2 is 1.69 bits per heavy atom. The summed E-state index contributed by atoms with van der Waals surface area (Å²) in [5, 5.41) is 16.4. The summed E-state index contributed by atoms with van der Waals surface area (Å²) in [7, 11) is 0. The van der Waals surface area contributed by atoms with Crippen molar-refractivity contribution in [1.29, 1.82) is 0 Å². The molecule has 5 amide bonds. The standard InChI is InChI=1S/C27H38N4O8/c1-17(2)23(30-20(32)8-6-5-7-13-31-22(34)14-27(3,4)25(31)36)24(35)28-15-21(33)29-19-11-9-18(10-12-19)16-39-26(37)38/h9-12,17,23H,5-8,13-16H2,1-4H3,(H,28,35)(H,29,33)(H,30,32)(H,37,38). The predicted molar refractivity (Wildman–Crippen MR) is 141 cm³/mol. The molecule has 12 heteroatoms. The van der Waals surface area contributed by atoms with Crippen LogP contribution in [0.25, 0.3) is 0 Å². The average molecular weight is 547 g/mol. The summed E-state index contributed by atoms with van der Waals surface area (Å²) in [5.74, 6) is -1.79. The average Bonchev–Trinajstić information content (AvgIpc) is 3.06. The van der Waals surface area contributed by atoms with E-state index >= 15 is 0 Å². The third kappa shape index (κ3) is 10.0. The lowest BCUT2D eigenvalue weighted by Crippen LogP contribution is -2.51. The van der Waals surface area contributed by atoms with E-state index in [-0.39, 0.29) is 49.6 Å². The van der Waals surface area contributed by atoms with E-state index in [0.29, 0.717) is 37.1 Å². The molecule has 4 N–H and O–H groups in total. The molecular weight excluding hydrogens is 508 g/mol. The zero-order chi connectivity index (χ0) is 29.2. The molecule has 1 aromatic carbocycles. The Morgan fingerprint density at radius 1 is 1.03 bits per heavy atom.